The van der Waals surface area contributed by atoms with Gasteiger partial charge in [-0.3, -0.25) is 10.00 Å². The molecular formula is C9H11N3O4. The molecule has 2 rings (SSSR count). The van der Waals surface area contributed by atoms with Crippen molar-refractivity contribution in [2.45, 2.75) is 19.4 Å². The van der Waals surface area contributed by atoms with Crippen molar-refractivity contribution in [2.75, 3.05) is 11.5 Å². The Labute approximate surface area is 91.0 Å². The first-order valence-corrected chi connectivity index (χ1v) is 4.80. The van der Waals surface area contributed by atoms with Gasteiger partial charge in [-0.15, -0.1) is 0 Å². The van der Waals surface area contributed by atoms with Crippen molar-refractivity contribution in [1.82, 2.24) is 10.2 Å². The monoisotopic (exact) mass is 225 g/mol. The van der Waals surface area contributed by atoms with Crippen LogP contribution in [0.5, 0.6) is 0 Å². The highest BCUT2D eigenvalue weighted by atomic mass is 16.6. The summed E-state index contributed by atoms with van der Waals surface area (Å²) in [4.78, 5) is 23.7. The van der Waals surface area contributed by atoms with Gasteiger partial charge in [0.05, 0.1) is 24.2 Å². The molecule has 86 valence electrons. The zero-order valence-electron chi connectivity index (χ0n) is 8.64. The van der Waals surface area contributed by atoms with Crippen LogP contribution in [0.4, 0.5) is 10.5 Å². The first-order valence-electron chi connectivity index (χ1n) is 4.80. The van der Waals surface area contributed by atoms with Gasteiger partial charge in [-0.1, -0.05) is 0 Å². The van der Waals surface area contributed by atoms with Crippen molar-refractivity contribution < 1.29 is 19.4 Å². The molecule has 1 fully saturated rings. The molecular weight excluding hydrogens is 214 g/mol. The number of nitrogens with zero attached hydrogens (tertiary/aromatic N) is 2. The summed E-state index contributed by atoms with van der Waals surface area (Å²) in [7, 11) is 0. The number of H-pyrrole nitrogens is 1. The number of aryl methyl sites for hydroxylation is 1. The minimum Gasteiger partial charge on any atom is -0.480 e. The van der Waals surface area contributed by atoms with Gasteiger partial charge < -0.3 is 9.84 Å². The molecule has 0 aromatic carbocycles. The van der Waals surface area contributed by atoms with Gasteiger partial charge in [0.15, 0.2) is 0 Å². The van der Waals surface area contributed by atoms with Gasteiger partial charge in [-0.2, -0.15) is 5.10 Å². The van der Waals surface area contributed by atoms with E-state index in [9.17, 15) is 9.59 Å². The summed E-state index contributed by atoms with van der Waals surface area (Å²) >= 11 is 0. The SMILES string of the molecule is Cc1[nH]ncc1N1C(=O)OCCC1C(=O)O. The van der Waals surface area contributed by atoms with Crippen LogP contribution in [0.1, 0.15) is 12.1 Å². The predicted octanol–water partition coefficient (Wildman–Crippen LogP) is 0.518. The second-order valence-corrected chi connectivity index (χ2v) is 3.51. The number of carboxylic acids is 1. The van der Waals surface area contributed by atoms with E-state index in [-0.39, 0.29) is 13.0 Å². The summed E-state index contributed by atoms with van der Waals surface area (Å²) in [6, 6.07) is -0.891. The van der Waals surface area contributed by atoms with Crippen molar-refractivity contribution in [3.63, 3.8) is 0 Å². The summed E-state index contributed by atoms with van der Waals surface area (Å²) < 4.78 is 4.83. The maximum atomic E-state index is 11.6. The van der Waals surface area contributed by atoms with Crippen LogP contribution < -0.4 is 4.90 Å². The minimum atomic E-state index is -1.04. The smallest absolute Gasteiger partial charge is 0.415 e. The molecule has 16 heavy (non-hydrogen) atoms. The quantitative estimate of drug-likeness (QED) is 0.764. The van der Waals surface area contributed by atoms with Gasteiger partial charge in [0.25, 0.3) is 0 Å². The van der Waals surface area contributed by atoms with E-state index in [2.05, 4.69) is 10.2 Å². The number of carboxylic acid groups (broad SMARTS) is 1. The summed E-state index contributed by atoms with van der Waals surface area (Å²) in [6.07, 6.45) is 1.03. The third-order valence-corrected chi connectivity index (χ3v) is 2.47. The van der Waals surface area contributed by atoms with Crippen LogP contribution >= 0.6 is 0 Å². The molecule has 1 aromatic heterocycles. The van der Waals surface area contributed by atoms with E-state index in [1.54, 1.807) is 6.92 Å². The predicted molar refractivity (Wildman–Crippen MR) is 53.2 cm³/mol. The van der Waals surface area contributed by atoms with E-state index < -0.39 is 18.1 Å². The normalized spacial score (nSPS) is 20.7. The van der Waals surface area contributed by atoms with E-state index in [1.807, 2.05) is 0 Å². The van der Waals surface area contributed by atoms with Crippen LogP contribution in [0.25, 0.3) is 0 Å². The average molecular weight is 225 g/mol. The number of carbonyl (C=O) groups excluding carboxylic acids is 1. The maximum absolute atomic E-state index is 11.6. The highest BCUT2D eigenvalue weighted by Crippen LogP contribution is 2.25. The maximum Gasteiger partial charge on any atom is 0.415 e. The molecule has 7 heteroatoms. The number of ether oxygens (including phenoxy) is 1. The van der Waals surface area contributed by atoms with E-state index in [0.717, 1.165) is 4.90 Å². The van der Waals surface area contributed by atoms with E-state index >= 15 is 0 Å². The molecule has 0 aliphatic carbocycles. The highest BCUT2D eigenvalue weighted by molar-refractivity contribution is 5.96. The number of hydrogen-bond donors (Lipinski definition) is 2. The molecule has 1 unspecified atom stereocenters. The third kappa shape index (κ3) is 1.60. The molecule has 1 aliphatic rings. The van der Waals surface area contributed by atoms with Crippen LogP contribution in [0, 0.1) is 6.92 Å². The van der Waals surface area contributed by atoms with Crippen LogP contribution in [-0.4, -0.2) is 40.0 Å². The zero-order chi connectivity index (χ0) is 11.7. The number of rotatable bonds is 2. The lowest BCUT2D eigenvalue weighted by molar-refractivity contribution is -0.139. The number of nitrogens with one attached hydrogen (secondary N) is 1. The van der Waals surface area contributed by atoms with Crippen molar-refractivity contribution >= 4 is 17.7 Å². The Hall–Kier alpha value is -2.05. The number of cyclic esters (lactones) is 1. The Morgan fingerprint density at radius 1 is 1.75 bits per heavy atom. The second kappa shape index (κ2) is 3.84. The standard InChI is InChI=1S/C9H11N3O4/c1-5-7(4-10-11-5)12-6(8(13)14)2-3-16-9(12)15/h4,6H,2-3H2,1H3,(H,10,11)(H,13,14). The van der Waals surface area contributed by atoms with Crippen LogP contribution in [0.15, 0.2) is 6.20 Å². The van der Waals surface area contributed by atoms with Crippen LogP contribution in [0.2, 0.25) is 0 Å². The fourth-order valence-corrected chi connectivity index (χ4v) is 1.67. The van der Waals surface area contributed by atoms with Crippen molar-refractivity contribution in [1.29, 1.82) is 0 Å². The first kappa shape index (κ1) is 10.5. The molecule has 0 bridgehead atoms. The van der Waals surface area contributed by atoms with Gasteiger partial charge in [0.2, 0.25) is 0 Å². The second-order valence-electron chi connectivity index (χ2n) is 3.51. The molecule has 7 nitrogen and oxygen atoms in total. The summed E-state index contributed by atoms with van der Waals surface area (Å²) in [5, 5.41) is 15.4. The lowest BCUT2D eigenvalue weighted by Crippen LogP contribution is -2.50. The van der Waals surface area contributed by atoms with Gasteiger partial charge in [0.1, 0.15) is 6.04 Å². The van der Waals surface area contributed by atoms with Crippen molar-refractivity contribution in [3.8, 4) is 0 Å². The summed E-state index contributed by atoms with van der Waals surface area (Å²) in [5.41, 5.74) is 1.07. The van der Waals surface area contributed by atoms with E-state index in [4.69, 9.17) is 9.84 Å². The lowest BCUT2D eigenvalue weighted by Gasteiger charge is -2.31. The Kier molecular flexibility index (Phi) is 2.51. The van der Waals surface area contributed by atoms with E-state index in [0.29, 0.717) is 11.4 Å². The fourth-order valence-electron chi connectivity index (χ4n) is 1.67. The number of anilines is 1. The summed E-state index contributed by atoms with van der Waals surface area (Å²) in [6.45, 7) is 1.84. The third-order valence-electron chi connectivity index (χ3n) is 2.47. The summed E-state index contributed by atoms with van der Waals surface area (Å²) in [5.74, 6) is -1.04. The molecule has 0 saturated carbocycles. The zero-order valence-corrected chi connectivity index (χ0v) is 8.64. The molecule has 1 aliphatic heterocycles. The average Bonchev–Trinajstić information content (AvgIpc) is 2.64. The number of carbonyl (C=O) groups is 2. The lowest BCUT2D eigenvalue weighted by atomic mass is 10.1. The topological polar surface area (TPSA) is 95.5 Å². The van der Waals surface area contributed by atoms with Crippen LogP contribution in [0.3, 0.4) is 0 Å². The number of aromatic amines is 1. The first-order chi connectivity index (χ1) is 7.61. The molecule has 1 atom stereocenters. The largest absolute Gasteiger partial charge is 0.480 e. The Morgan fingerprint density at radius 3 is 3.06 bits per heavy atom. The fraction of sp³-hybridized carbons (Fsp3) is 0.444. The molecule has 1 aromatic rings. The Balaban J connectivity index is 2.37. The van der Waals surface area contributed by atoms with Crippen LogP contribution in [-0.2, 0) is 9.53 Å². The number of amides is 1. The molecule has 0 radical (unpaired) electrons. The minimum absolute atomic E-state index is 0.128. The number of hydrogen-bond acceptors (Lipinski definition) is 4. The van der Waals surface area contributed by atoms with E-state index in [1.165, 1.54) is 6.20 Å². The van der Waals surface area contributed by atoms with Crippen molar-refractivity contribution in [2.24, 2.45) is 0 Å². The van der Waals surface area contributed by atoms with Gasteiger partial charge in [-0.05, 0) is 6.92 Å². The number of aliphatic carboxylic acids is 1. The van der Waals surface area contributed by atoms with Gasteiger partial charge in [0, 0.05) is 6.42 Å². The molecule has 1 saturated heterocycles. The molecule has 2 heterocycles. The van der Waals surface area contributed by atoms with Gasteiger partial charge in [-0.25, -0.2) is 9.59 Å². The highest BCUT2D eigenvalue weighted by Gasteiger charge is 2.37. The molecule has 2 N–H and O–H groups in total. The molecule has 1 amide bonds. The molecule has 0 spiro atoms. The van der Waals surface area contributed by atoms with Crippen molar-refractivity contribution in [3.05, 3.63) is 11.9 Å². The number of aromatic nitrogens is 2. The Bertz CT molecular complexity index is 428. The Morgan fingerprint density at radius 2 is 2.50 bits per heavy atom. The van der Waals surface area contributed by atoms with Gasteiger partial charge >= 0.3 is 12.1 Å².